The second-order valence-electron chi connectivity index (χ2n) is 6.87. The van der Waals surface area contributed by atoms with Gasteiger partial charge in [-0.15, -0.1) is 0 Å². The molecule has 27 heavy (non-hydrogen) atoms. The van der Waals surface area contributed by atoms with E-state index in [-0.39, 0.29) is 23.1 Å². The number of aryl methyl sites for hydroxylation is 1. The number of nitrogens with zero attached hydrogens (tertiary/aromatic N) is 2. The van der Waals surface area contributed by atoms with Crippen LogP contribution in [0.15, 0.2) is 34.4 Å². The zero-order valence-electron chi connectivity index (χ0n) is 15.6. The van der Waals surface area contributed by atoms with Crippen molar-refractivity contribution >= 4 is 23.2 Å². The van der Waals surface area contributed by atoms with Crippen molar-refractivity contribution in [1.82, 2.24) is 14.8 Å². The molecule has 144 valence electrons. The third kappa shape index (κ3) is 5.07. The zero-order chi connectivity index (χ0) is 19.2. The van der Waals surface area contributed by atoms with Gasteiger partial charge in [0.05, 0.1) is 0 Å². The summed E-state index contributed by atoms with van der Waals surface area (Å²) >= 11 is 1.15. The van der Waals surface area contributed by atoms with Crippen molar-refractivity contribution in [1.29, 1.82) is 0 Å². The Balaban J connectivity index is 1.52. The lowest BCUT2D eigenvalue weighted by atomic mass is 10.1. The van der Waals surface area contributed by atoms with Crippen LogP contribution in [0.2, 0.25) is 0 Å². The molecule has 0 aliphatic carbocycles. The predicted octanol–water partition coefficient (Wildman–Crippen LogP) is 2.55. The number of amides is 2. The number of thiazole rings is 1. The van der Waals surface area contributed by atoms with Gasteiger partial charge in [-0.25, -0.2) is 0 Å². The number of rotatable bonds is 6. The van der Waals surface area contributed by atoms with E-state index in [9.17, 15) is 14.4 Å². The molecule has 0 saturated carbocycles. The van der Waals surface area contributed by atoms with Crippen LogP contribution in [0.4, 0.5) is 0 Å². The van der Waals surface area contributed by atoms with Gasteiger partial charge in [-0.3, -0.25) is 14.4 Å². The highest BCUT2D eigenvalue weighted by molar-refractivity contribution is 7.07. The summed E-state index contributed by atoms with van der Waals surface area (Å²) in [6.07, 6.45) is 3.57. The molecule has 1 aromatic carbocycles. The van der Waals surface area contributed by atoms with Crippen molar-refractivity contribution in [2.24, 2.45) is 0 Å². The standard InChI is InChI=1S/C20H25N3O3S/c1-15-14-27-20(26)23(15)11-8-18(24)21-13-16-6-5-7-17(12-16)19(25)22-9-3-2-4-10-22/h5-7,12,14H,2-4,8-11,13H2,1H3,(H,21,24). The third-order valence-corrected chi connectivity index (χ3v) is 5.73. The molecule has 6 nitrogen and oxygen atoms in total. The lowest BCUT2D eigenvalue weighted by Crippen LogP contribution is -2.35. The molecular formula is C20H25N3O3S. The average molecular weight is 388 g/mol. The van der Waals surface area contributed by atoms with Crippen molar-refractivity contribution in [2.75, 3.05) is 13.1 Å². The lowest BCUT2D eigenvalue weighted by Gasteiger charge is -2.26. The van der Waals surface area contributed by atoms with Gasteiger partial charge in [0.1, 0.15) is 0 Å². The van der Waals surface area contributed by atoms with Gasteiger partial charge in [-0.1, -0.05) is 23.5 Å². The first-order valence-electron chi connectivity index (χ1n) is 9.34. The van der Waals surface area contributed by atoms with Crippen LogP contribution in [0.1, 0.15) is 47.3 Å². The Bertz CT molecular complexity index is 865. The molecule has 2 amide bonds. The van der Waals surface area contributed by atoms with Gasteiger partial charge >= 0.3 is 4.87 Å². The molecule has 0 spiro atoms. The molecule has 0 atom stereocenters. The zero-order valence-corrected chi connectivity index (χ0v) is 16.4. The largest absolute Gasteiger partial charge is 0.352 e. The van der Waals surface area contributed by atoms with Crippen LogP contribution >= 0.6 is 11.3 Å². The first-order valence-corrected chi connectivity index (χ1v) is 10.2. The minimum atomic E-state index is -0.111. The van der Waals surface area contributed by atoms with E-state index in [1.807, 2.05) is 36.1 Å². The first kappa shape index (κ1) is 19.4. The van der Waals surface area contributed by atoms with Gasteiger partial charge in [0.25, 0.3) is 5.91 Å². The molecule has 1 aromatic heterocycles. The highest BCUT2D eigenvalue weighted by Crippen LogP contribution is 2.14. The van der Waals surface area contributed by atoms with E-state index in [0.29, 0.717) is 18.7 Å². The minimum Gasteiger partial charge on any atom is -0.352 e. The van der Waals surface area contributed by atoms with Crippen molar-refractivity contribution < 1.29 is 9.59 Å². The number of piperidine rings is 1. The molecule has 0 unspecified atom stereocenters. The summed E-state index contributed by atoms with van der Waals surface area (Å²) in [5.41, 5.74) is 2.45. The maximum absolute atomic E-state index is 12.6. The van der Waals surface area contributed by atoms with Gasteiger partial charge < -0.3 is 14.8 Å². The summed E-state index contributed by atoms with van der Waals surface area (Å²) in [4.78, 5) is 38.2. The van der Waals surface area contributed by atoms with E-state index in [1.165, 1.54) is 6.42 Å². The molecule has 0 radical (unpaired) electrons. The number of nitrogens with one attached hydrogen (secondary N) is 1. The van der Waals surface area contributed by atoms with Crippen LogP contribution in [0.3, 0.4) is 0 Å². The highest BCUT2D eigenvalue weighted by atomic mass is 32.1. The van der Waals surface area contributed by atoms with Gasteiger partial charge in [-0.05, 0) is 43.9 Å². The van der Waals surface area contributed by atoms with Crippen LogP contribution in [-0.4, -0.2) is 34.4 Å². The second-order valence-corrected chi connectivity index (χ2v) is 7.70. The van der Waals surface area contributed by atoms with Crippen molar-refractivity contribution in [2.45, 2.75) is 45.7 Å². The SMILES string of the molecule is Cc1csc(=O)n1CCC(=O)NCc1cccc(C(=O)N2CCCCC2)c1. The van der Waals surface area contributed by atoms with E-state index in [1.54, 1.807) is 9.95 Å². The molecule has 1 N–H and O–H groups in total. The summed E-state index contributed by atoms with van der Waals surface area (Å²) < 4.78 is 1.61. The second kappa shape index (κ2) is 8.99. The number of likely N-dealkylation sites (tertiary alicyclic amines) is 1. The summed E-state index contributed by atoms with van der Waals surface area (Å²) in [7, 11) is 0. The van der Waals surface area contributed by atoms with E-state index < -0.39 is 0 Å². The molecule has 1 aliphatic heterocycles. The molecule has 1 fully saturated rings. The molecular weight excluding hydrogens is 362 g/mol. The highest BCUT2D eigenvalue weighted by Gasteiger charge is 2.18. The monoisotopic (exact) mass is 387 g/mol. The van der Waals surface area contributed by atoms with Crippen molar-refractivity contribution in [3.8, 4) is 0 Å². The number of hydrogen-bond acceptors (Lipinski definition) is 4. The Hall–Kier alpha value is -2.41. The van der Waals surface area contributed by atoms with E-state index in [0.717, 1.165) is 48.5 Å². The van der Waals surface area contributed by atoms with E-state index >= 15 is 0 Å². The third-order valence-electron chi connectivity index (χ3n) is 4.85. The number of carbonyl (C=O) groups is 2. The fourth-order valence-electron chi connectivity index (χ4n) is 3.27. The summed E-state index contributed by atoms with van der Waals surface area (Å²) in [5.74, 6) is -0.0459. The molecule has 3 rings (SSSR count). The van der Waals surface area contributed by atoms with E-state index in [4.69, 9.17) is 0 Å². The quantitative estimate of drug-likeness (QED) is 0.828. The maximum Gasteiger partial charge on any atom is 0.307 e. The average Bonchev–Trinajstić information content (AvgIpc) is 3.02. The fourth-order valence-corrected chi connectivity index (χ4v) is 4.03. The summed E-state index contributed by atoms with van der Waals surface area (Å²) in [5, 5.41) is 4.67. The first-order chi connectivity index (χ1) is 13.0. The molecule has 2 aromatic rings. The topological polar surface area (TPSA) is 71.4 Å². The Morgan fingerprint density at radius 1 is 1.19 bits per heavy atom. The molecule has 7 heteroatoms. The summed E-state index contributed by atoms with van der Waals surface area (Å²) in [6.45, 7) is 4.26. The number of aromatic nitrogens is 1. The predicted molar refractivity (Wildman–Crippen MR) is 106 cm³/mol. The Kier molecular flexibility index (Phi) is 6.45. The van der Waals surface area contributed by atoms with Crippen molar-refractivity contribution in [3.05, 3.63) is 56.1 Å². The molecule has 1 saturated heterocycles. The van der Waals surface area contributed by atoms with Gasteiger partial charge in [0.15, 0.2) is 0 Å². The smallest absolute Gasteiger partial charge is 0.307 e. The van der Waals surface area contributed by atoms with Crippen LogP contribution < -0.4 is 10.2 Å². The Morgan fingerprint density at radius 2 is 1.96 bits per heavy atom. The van der Waals surface area contributed by atoms with Crippen LogP contribution in [-0.2, 0) is 17.9 Å². The molecule has 0 bridgehead atoms. The maximum atomic E-state index is 12.6. The fraction of sp³-hybridized carbons (Fsp3) is 0.450. The number of benzene rings is 1. The molecule has 2 heterocycles. The Labute approximate surface area is 162 Å². The molecule has 1 aliphatic rings. The van der Waals surface area contributed by atoms with Gasteiger partial charge in [0, 0.05) is 49.2 Å². The van der Waals surface area contributed by atoms with Gasteiger partial charge in [0.2, 0.25) is 5.91 Å². The number of hydrogen-bond donors (Lipinski definition) is 1. The van der Waals surface area contributed by atoms with Crippen molar-refractivity contribution in [3.63, 3.8) is 0 Å². The minimum absolute atomic E-state index is 0.0378. The van der Waals surface area contributed by atoms with Crippen LogP contribution in [0.5, 0.6) is 0 Å². The normalized spacial score (nSPS) is 14.2. The lowest BCUT2D eigenvalue weighted by molar-refractivity contribution is -0.121. The van der Waals surface area contributed by atoms with Gasteiger partial charge in [-0.2, -0.15) is 0 Å². The van der Waals surface area contributed by atoms with E-state index in [2.05, 4.69) is 5.32 Å². The summed E-state index contributed by atoms with van der Waals surface area (Å²) in [6, 6.07) is 7.44. The van der Waals surface area contributed by atoms with Crippen LogP contribution in [0.25, 0.3) is 0 Å². The van der Waals surface area contributed by atoms with Crippen LogP contribution in [0, 0.1) is 6.92 Å². The Morgan fingerprint density at radius 3 is 2.67 bits per heavy atom. The number of carbonyl (C=O) groups excluding carboxylic acids is 2.